The fourth-order valence-corrected chi connectivity index (χ4v) is 9.25. The minimum atomic E-state index is -2.09. The van der Waals surface area contributed by atoms with E-state index >= 15 is 14.4 Å². The minimum Gasteiger partial charge on any atom is -0.491 e. The maximum atomic E-state index is 16.3. The van der Waals surface area contributed by atoms with Crippen molar-refractivity contribution in [2.45, 2.75) is 56.0 Å². The summed E-state index contributed by atoms with van der Waals surface area (Å²) in [7, 11) is 1.20. The molecule has 0 aromatic heterocycles. The average molecular weight is 855 g/mol. The normalized spacial score (nSPS) is 22.9. The van der Waals surface area contributed by atoms with Gasteiger partial charge in [0.1, 0.15) is 36.0 Å². The molecule has 4 amide bonds. The Morgan fingerprint density at radius 3 is 2.25 bits per heavy atom. The number of carbonyl (C=O) groups is 5. The number of anilines is 1. The SMILES string of the molecule is C=CCNC(=O)C1C2C(=O)OC(c3ccccc3)C(c3ccccc3)N2C(c2cccc(OCCO)c2)C12C(=O)N(C(=O)NC(C(=O)OC)C(C)C)c1ccc(C#CCCO)cc12. The number of hydrogen-bond acceptors (Lipinski definition) is 11. The number of imide groups is 1. The number of carbonyl (C=O) groups excluding carboxylic acids is 5. The Hall–Kier alpha value is -6.79. The van der Waals surface area contributed by atoms with Crippen molar-refractivity contribution in [3.05, 3.63) is 144 Å². The first-order valence-electron chi connectivity index (χ1n) is 20.8. The molecule has 7 atom stereocenters. The predicted molar refractivity (Wildman–Crippen MR) is 232 cm³/mol. The number of amides is 4. The zero-order valence-electron chi connectivity index (χ0n) is 35.2. The number of morpholine rings is 1. The van der Waals surface area contributed by atoms with Crippen molar-refractivity contribution in [2.24, 2.45) is 11.8 Å². The minimum absolute atomic E-state index is 0.0236. The Morgan fingerprint density at radius 1 is 0.905 bits per heavy atom. The fourth-order valence-electron chi connectivity index (χ4n) is 9.25. The van der Waals surface area contributed by atoms with Crippen molar-refractivity contribution in [1.82, 2.24) is 15.5 Å². The molecule has 2 fully saturated rings. The highest BCUT2D eigenvalue weighted by atomic mass is 16.6. The standard InChI is InChI=1S/C49H50N4O10/c1-5-24-50-44(56)38-41-46(58)63-42(33-18-10-7-11-19-33)40(32-16-8-6-9-17-32)53(41)43(34-20-14-21-35(29-34)62-27-26-55)49(38)36-28-31(15-12-13-25-54)22-23-37(36)52(47(49)59)48(60)51-39(30(2)3)45(57)61-4/h5-11,14,16-23,28-30,38-43,54-55H,1,13,24-27H2,2-4H3,(H,50,56)(H,51,60). The molecule has 7 unspecified atom stereocenters. The van der Waals surface area contributed by atoms with E-state index in [1.54, 1.807) is 56.3 Å². The van der Waals surface area contributed by atoms with E-state index in [2.05, 4.69) is 29.1 Å². The number of hydrogen-bond donors (Lipinski definition) is 4. The van der Waals surface area contributed by atoms with Crippen LogP contribution in [0.3, 0.4) is 0 Å². The van der Waals surface area contributed by atoms with Crippen molar-refractivity contribution in [1.29, 1.82) is 0 Å². The smallest absolute Gasteiger partial charge is 0.329 e. The number of ether oxygens (including phenoxy) is 3. The molecule has 4 N–H and O–H groups in total. The van der Waals surface area contributed by atoms with Gasteiger partial charge in [-0.05, 0) is 58.5 Å². The Morgan fingerprint density at radius 2 is 1.60 bits per heavy atom. The first kappa shape index (κ1) is 44.3. The Kier molecular flexibility index (Phi) is 13.4. The van der Waals surface area contributed by atoms with E-state index < -0.39 is 77.3 Å². The highest BCUT2D eigenvalue weighted by Crippen LogP contribution is 2.66. The van der Waals surface area contributed by atoms with Crippen LogP contribution in [0.15, 0.2) is 116 Å². The van der Waals surface area contributed by atoms with Crippen LogP contribution in [0.4, 0.5) is 10.5 Å². The van der Waals surface area contributed by atoms with E-state index in [1.165, 1.54) is 13.2 Å². The van der Waals surface area contributed by atoms with Gasteiger partial charge in [-0.2, -0.15) is 0 Å². The number of aliphatic hydroxyl groups excluding tert-OH is 2. The van der Waals surface area contributed by atoms with E-state index in [0.717, 1.165) is 4.90 Å². The quantitative estimate of drug-likeness (QED) is 0.0834. The van der Waals surface area contributed by atoms with Gasteiger partial charge in [-0.1, -0.05) is 105 Å². The number of urea groups is 1. The Balaban J connectivity index is 1.59. The number of fused-ring (bicyclic) bond motifs is 3. The summed E-state index contributed by atoms with van der Waals surface area (Å²) in [6.07, 6.45) is 0.682. The highest BCUT2D eigenvalue weighted by Gasteiger charge is 2.75. The van der Waals surface area contributed by atoms with Crippen LogP contribution in [-0.4, -0.2) is 90.5 Å². The van der Waals surface area contributed by atoms with Gasteiger partial charge >= 0.3 is 18.0 Å². The first-order valence-corrected chi connectivity index (χ1v) is 20.8. The monoisotopic (exact) mass is 854 g/mol. The summed E-state index contributed by atoms with van der Waals surface area (Å²) in [4.78, 5) is 77.3. The van der Waals surface area contributed by atoms with Gasteiger partial charge in [0.25, 0.3) is 0 Å². The van der Waals surface area contributed by atoms with Crippen molar-refractivity contribution >= 4 is 35.5 Å². The fraction of sp³-hybridized carbons (Fsp3) is 0.327. The molecule has 4 aromatic rings. The van der Waals surface area contributed by atoms with E-state index in [-0.39, 0.29) is 44.0 Å². The van der Waals surface area contributed by atoms with Crippen molar-refractivity contribution in [3.8, 4) is 17.6 Å². The maximum Gasteiger partial charge on any atom is 0.329 e. The van der Waals surface area contributed by atoms with Crippen molar-refractivity contribution in [3.63, 3.8) is 0 Å². The summed E-state index contributed by atoms with van der Waals surface area (Å²) in [5.41, 5.74) is 0.450. The van der Waals surface area contributed by atoms with Crippen molar-refractivity contribution < 1.29 is 48.4 Å². The average Bonchev–Trinajstić information content (AvgIpc) is 3.76. The van der Waals surface area contributed by atoms with E-state index in [9.17, 15) is 19.8 Å². The van der Waals surface area contributed by atoms with Crippen LogP contribution in [-0.2, 0) is 34.1 Å². The Labute approximate surface area is 365 Å². The number of esters is 2. The molecule has 326 valence electrons. The zero-order valence-corrected chi connectivity index (χ0v) is 35.2. The second kappa shape index (κ2) is 19.1. The van der Waals surface area contributed by atoms with E-state index in [4.69, 9.17) is 14.2 Å². The molecule has 7 rings (SSSR count). The highest BCUT2D eigenvalue weighted by molar-refractivity contribution is 6.25. The molecule has 14 nitrogen and oxygen atoms in total. The molecule has 0 aliphatic carbocycles. The third-order valence-corrected chi connectivity index (χ3v) is 11.8. The second-order valence-corrected chi connectivity index (χ2v) is 15.8. The van der Waals surface area contributed by atoms with Gasteiger partial charge in [-0.15, -0.1) is 6.58 Å². The van der Waals surface area contributed by atoms with Crippen LogP contribution in [0, 0.1) is 23.7 Å². The first-order chi connectivity index (χ1) is 30.5. The number of benzene rings is 4. The number of aliphatic hydroxyl groups is 2. The zero-order chi connectivity index (χ0) is 44.8. The topological polar surface area (TPSA) is 184 Å². The summed E-state index contributed by atoms with van der Waals surface area (Å²) in [6.45, 7) is 6.67. The lowest BCUT2D eigenvalue weighted by Gasteiger charge is -2.46. The second-order valence-electron chi connectivity index (χ2n) is 15.8. The van der Waals surface area contributed by atoms with Gasteiger partial charge in [-0.25, -0.2) is 14.5 Å². The lowest BCUT2D eigenvalue weighted by atomic mass is 9.65. The molecule has 0 radical (unpaired) electrons. The van der Waals surface area contributed by atoms with Gasteiger partial charge in [0, 0.05) is 18.5 Å². The summed E-state index contributed by atoms with van der Waals surface area (Å²) >= 11 is 0. The molecule has 0 bridgehead atoms. The van der Waals surface area contributed by atoms with Gasteiger partial charge in [0.15, 0.2) is 0 Å². The van der Waals surface area contributed by atoms with Crippen LogP contribution < -0.4 is 20.3 Å². The van der Waals surface area contributed by atoms with Crippen LogP contribution in [0.1, 0.15) is 66.3 Å². The van der Waals surface area contributed by atoms with Gasteiger partial charge < -0.3 is 35.1 Å². The number of rotatable bonds is 13. The molecule has 0 saturated carbocycles. The number of cyclic esters (lactones) is 1. The molecular formula is C49H50N4O10. The van der Waals surface area contributed by atoms with Gasteiger partial charge in [0.2, 0.25) is 11.8 Å². The molecule has 3 aliphatic heterocycles. The lowest BCUT2D eigenvalue weighted by molar-refractivity contribution is -0.178. The molecule has 14 heteroatoms. The molecule has 4 aromatic carbocycles. The molecule has 3 heterocycles. The summed E-state index contributed by atoms with van der Waals surface area (Å²) in [6, 6.07) is 24.7. The Bertz CT molecular complexity index is 2430. The summed E-state index contributed by atoms with van der Waals surface area (Å²) < 4.78 is 17.4. The van der Waals surface area contributed by atoms with Crippen LogP contribution >= 0.6 is 0 Å². The third kappa shape index (κ3) is 8.07. The van der Waals surface area contributed by atoms with Crippen LogP contribution in [0.2, 0.25) is 0 Å². The van der Waals surface area contributed by atoms with E-state index in [0.29, 0.717) is 28.0 Å². The van der Waals surface area contributed by atoms with Crippen LogP contribution in [0.5, 0.6) is 5.75 Å². The van der Waals surface area contributed by atoms with Crippen LogP contribution in [0.25, 0.3) is 0 Å². The predicted octanol–water partition coefficient (Wildman–Crippen LogP) is 4.67. The van der Waals surface area contributed by atoms with E-state index in [1.807, 2.05) is 65.6 Å². The third-order valence-electron chi connectivity index (χ3n) is 11.8. The number of methoxy groups -OCH3 is 1. The van der Waals surface area contributed by atoms with Crippen molar-refractivity contribution in [2.75, 3.05) is 38.4 Å². The summed E-state index contributed by atoms with van der Waals surface area (Å²) in [5, 5.41) is 24.9. The van der Waals surface area contributed by atoms with Gasteiger partial charge in [-0.3, -0.25) is 19.3 Å². The molecule has 63 heavy (non-hydrogen) atoms. The molecule has 3 aliphatic rings. The summed E-state index contributed by atoms with van der Waals surface area (Å²) in [5.74, 6) is 1.25. The number of nitrogens with zero attached hydrogens (tertiary/aromatic N) is 2. The molecule has 2 saturated heterocycles. The molecular weight excluding hydrogens is 805 g/mol. The lowest BCUT2D eigenvalue weighted by Crippen LogP contribution is -2.57. The largest absolute Gasteiger partial charge is 0.491 e. The van der Waals surface area contributed by atoms with Gasteiger partial charge in [0.05, 0.1) is 44.0 Å². The number of nitrogens with one attached hydrogen (secondary N) is 2. The maximum absolute atomic E-state index is 16.3. The molecule has 1 spiro atoms.